The first-order chi connectivity index (χ1) is 14.6. The van der Waals surface area contributed by atoms with Crippen LogP contribution >= 0.6 is 0 Å². The van der Waals surface area contributed by atoms with Crippen molar-refractivity contribution in [1.82, 2.24) is 14.7 Å². The largest absolute Gasteiger partial charge is 0.497 e. The smallest absolute Gasteiger partial charge is 0.279 e. The van der Waals surface area contributed by atoms with Crippen LogP contribution in [0.4, 0.5) is 5.69 Å². The second kappa shape index (κ2) is 8.62. The van der Waals surface area contributed by atoms with Gasteiger partial charge in [0.25, 0.3) is 5.56 Å². The maximum absolute atomic E-state index is 13.1. The van der Waals surface area contributed by atoms with Gasteiger partial charge in [0.15, 0.2) is 11.5 Å². The Bertz CT molecular complexity index is 1070. The zero-order valence-corrected chi connectivity index (χ0v) is 17.5. The molecule has 3 aromatic rings. The third-order valence-corrected chi connectivity index (χ3v) is 5.51. The van der Waals surface area contributed by atoms with E-state index in [2.05, 4.69) is 27.0 Å². The molecule has 1 saturated heterocycles. The molecular formula is C22H26N4O4. The van der Waals surface area contributed by atoms with Crippen LogP contribution in [-0.2, 0) is 6.67 Å². The van der Waals surface area contributed by atoms with E-state index in [9.17, 15) is 4.79 Å². The summed E-state index contributed by atoms with van der Waals surface area (Å²) in [4.78, 5) is 17.7. The average Bonchev–Trinajstić information content (AvgIpc) is 2.80. The van der Waals surface area contributed by atoms with Crippen molar-refractivity contribution >= 4 is 16.5 Å². The van der Waals surface area contributed by atoms with E-state index in [0.717, 1.165) is 37.3 Å². The van der Waals surface area contributed by atoms with Crippen LogP contribution in [0, 0.1) is 0 Å². The molecule has 0 atom stereocenters. The maximum Gasteiger partial charge on any atom is 0.279 e. The Labute approximate surface area is 175 Å². The minimum atomic E-state index is -0.180. The van der Waals surface area contributed by atoms with Gasteiger partial charge in [0.1, 0.15) is 5.75 Å². The molecule has 0 N–H and O–H groups in total. The minimum Gasteiger partial charge on any atom is -0.497 e. The van der Waals surface area contributed by atoms with E-state index in [-0.39, 0.29) is 5.56 Å². The van der Waals surface area contributed by atoms with Crippen molar-refractivity contribution in [2.24, 2.45) is 0 Å². The van der Waals surface area contributed by atoms with E-state index >= 15 is 0 Å². The first-order valence-electron chi connectivity index (χ1n) is 9.86. The third-order valence-electron chi connectivity index (χ3n) is 5.51. The molecule has 8 nitrogen and oxygen atoms in total. The number of ether oxygens (including phenoxy) is 3. The third kappa shape index (κ3) is 3.78. The Balaban J connectivity index is 1.50. The summed E-state index contributed by atoms with van der Waals surface area (Å²) in [5, 5.41) is 5.59. The van der Waals surface area contributed by atoms with Gasteiger partial charge < -0.3 is 19.1 Å². The normalized spacial score (nSPS) is 14.7. The lowest BCUT2D eigenvalue weighted by atomic mass is 10.1. The molecule has 2 heterocycles. The second-order valence-corrected chi connectivity index (χ2v) is 7.16. The minimum absolute atomic E-state index is 0.180. The predicted molar refractivity (Wildman–Crippen MR) is 116 cm³/mol. The van der Waals surface area contributed by atoms with Crippen molar-refractivity contribution in [1.29, 1.82) is 0 Å². The van der Waals surface area contributed by atoms with Crippen molar-refractivity contribution < 1.29 is 14.2 Å². The number of aromatic nitrogens is 2. The van der Waals surface area contributed by atoms with Gasteiger partial charge in [-0.3, -0.25) is 9.69 Å². The highest BCUT2D eigenvalue weighted by molar-refractivity contribution is 5.89. The molecule has 0 unspecified atom stereocenters. The fourth-order valence-electron chi connectivity index (χ4n) is 3.81. The molecule has 158 valence electrons. The molecule has 0 amide bonds. The fraction of sp³-hybridized carbons (Fsp3) is 0.364. The van der Waals surface area contributed by atoms with Crippen molar-refractivity contribution in [3.63, 3.8) is 0 Å². The summed E-state index contributed by atoms with van der Waals surface area (Å²) in [6, 6.07) is 11.7. The lowest BCUT2D eigenvalue weighted by molar-refractivity contribution is 0.192. The predicted octanol–water partition coefficient (Wildman–Crippen LogP) is 2.20. The number of hydrogen-bond acceptors (Lipinski definition) is 7. The van der Waals surface area contributed by atoms with Crippen molar-refractivity contribution in [2.75, 3.05) is 52.4 Å². The number of fused-ring (bicyclic) bond motifs is 1. The molecule has 0 aliphatic carbocycles. The lowest BCUT2D eigenvalue weighted by Crippen LogP contribution is -2.48. The van der Waals surface area contributed by atoms with Gasteiger partial charge in [0.05, 0.1) is 39.6 Å². The van der Waals surface area contributed by atoms with Crippen LogP contribution < -0.4 is 24.7 Å². The van der Waals surface area contributed by atoms with Crippen LogP contribution in [0.5, 0.6) is 17.2 Å². The fourth-order valence-corrected chi connectivity index (χ4v) is 3.81. The van der Waals surface area contributed by atoms with Crippen molar-refractivity contribution in [2.45, 2.75) is 6.67 Å². The molecule has 0 bridgehead atoms. The second-order valence-electron chi connectivity index (χ2n) is 7.16. The molecule has 0 saturated carbocycles. The Hall–Kier alpha value is -3.26. The molecule has 8 heteroatoms. The number of rotatable bonds is 6. The summed E-state index contributed by atoms with van der Waals surface area (Å²) in [5.41, 5.74) is 0.995. The van der Waals surface area contributed by atoms with E-state index in [1.165, 1.54) is 10.4 Å². The molecule has 1 aromatic heterocycles. The highest BCUT2D eigenvalue weighted by Gasteiger charge is 2.20. The van der Waals surface area contributed by atoms with Gasteiger partial charge in [-0.25, -0.2) is 4.68 Å². The Morgan fingerprint density at radius 3 is 2.27 bits per heavy atom. The number of methoxy groups -OCH3 is 3. The summed E-state index contributed by atoms with van der Waals surface area (Å²) < 4.78 is 17.5. The molecule has 1 aliphatic rings. The molecular weight excluding hydrogens is 384 g/mol. The van der Waals surface area contributed by atoms with Crippen LogP contribution in [-0.4, -0.2) is 62.2 Å². The summed E-state index contributed by atoms with van der Waals surface area (Å²) in [6.45, 7) is 3.88. The molecule has 1 fully saturated rings. The SMILES string of the molecule is COc1ccc(N2CCN(Cn3ncc4ccc(OC)c(OC)c4c3=O)CC2)cc1. The quantitative estimate of drug-likeness (QED) is 0.617. The standard InChI is InChI=1S/C22H26N4O4/c1-28-18-7-5-17(6-8-18)25-12-10-24(11-13-25)15-26-22(27)20-16(14-23-26)4-9-19(29-2)21(20)30-3/h4-9,14H,10-13,15H2,1-3H3. The Morgan fingerprint density at radius 1 is 0.900 bits per heavy atom. The summed E-state index contributed by atoms with van der Waals surface area (Å²) in [5.74, 6) is 1.83. The number of anilines is 1. The highest BCUT2D eigenvalue weighted by Crippen LogP contribution is 2.32. The van der Waals surface area contributed by atoms with Gasteiger partial charge in [-0.1, -0.05) is 0 Å². The molecule has 4 rings (SSSR count). The van der Waals surface area contributed by atoms with E-state index in [1.54, 1.807) is 33.6 Å². The topological polar surface area (TPSA) is 69.1 Å². The van der Waals surface area contributed by atoms with Gasteiger partial charge in [-0.2, -0.15) is 5.10 Å². The molecule has 30 heavy (non-hydrogen) atoms. The first-order valence-corrected chi connectivity index (χ1v) is 9.86. The van der Waals surface area contributed by atoms with Gasteiger partial charge in [-0.05, 0) is 36.4 Å². The van der Waals surface area contributed by atoms with E-state index in [1.807, 2.05) is 18.2 Å². The molecule has 2 aromatic carbocycles. The number of hydrogen-bond donors (Lipinski definition) is 0. The zero-order chi connectivity index (χ0) is 21.1. The van der Waals surface area contributed by atoms with Crippen LogP contribution in [0.25, 0.3) is 10.8 Å². The maximum atomic E-state index is 13.1. The number of piperazine rings is 1. The number of benzene rings is 2. The van der Waals surface area contributed by atoms with Crippen LogP contribution in [0.3, 0.4) is 0 Å². The van der Waals surface area contributed by atoms with Gasteiger partial charge >= 0.3 is 0 Å². The van der Waals surface area contributed by atoms with Gasteiger partial charge in [0.2, 0.25) is 0 Å². The van der Waals surface area contributed by atoms with E-state index < -0.39 is 0 Å². The monoisotopic (exact) mass is 410 g/mol. The van der Waals surface area contributed by atoms with Crippen LogP contribution in [0.15, 0.2) is 47.4 Å². The first kappa shape index (κ1) is 20.0. The number of nitrogens with zero attached hydrogens (tertiary/aromatic N) is 4. The average molecular weight is 410 g/mol. The molecule has 0 radical (unpaired) electrons. The molecule has 1 aliphatic heterocycles. The Kier molecular flexibility index (Phi) is 5.76. The molecule has 0 spiro atoms. The lowest BCUT2D eigenvalue weighted by Gasteiger charge is -2.36. The van der Waals surface area contributed by atoms with Crippen LogP contribution in [0.1, 0.15) is 0 Å². The summed E-state index contributed by atoms with van der Waals surface area (Å²) in [6.07, 6.45) is 1.70. The van der Waals surface area contributed by atoms with Gasteiger partial charge in [0, 0.05) is 37.3 Å². The van der Waals surface area contributed by atoms with Crippen molar-refractivity contribution in [3.8, 4) is 17.2 Å². The summed E-state index contributed by atoms with van der Waals surface area (Å²) >= 11 is 0. The van der Waals surface area contributed by atoms with Crippen molar-refractivity contribution in [3.05, 3.63) is 52.9 Å². The van der Waals surface area contributed by atoms with E-state index in [0.29, 0.717) is 23.6 Å². The Morgan fingerprint density at radius 2 is 1.63 bits per heavy atom. The summed E-state index contributed by atoms with van der Waals surface area (Å²) in [7, 11) is 4.77. The van der Waals surface area contributed by atoms with E-state index in [4.69, 9.17) is 14.2 Å². The van der Waals surface area contributed by atoms with Gasteiger partial charge in [-0.15, -0.1) is 0 Å². The van der Waals surface area contributed by atoms with Crippen LogP contribution in [0.2, 0.25) is 0 Å². The zero-order valence-electron chi connectivity index (χ0n) is 17.5. The highest BCUT2D eigenvalue weighted by atomic mass is 16.5.